The number of allylic oxidation sites excluding steroid dienone is 2. The van der Waals surface area contributed by atoms with Crippen LogP contribution in [0.3, 0.4) is 0 Å². The Morgan fingerprint density at radius 2 is 1.57 bits per heavy atom. The molecule has 0 fully saturated rings. The van der Waals surface area contributed by atoms with E-state index in [1.165, 1.54) is 11.1 Å². The molecule has 1 aromatic heterocycles. The number of ether oxygens (including phenoxy) is 2. The normalized spacial score (nSPS) is 13.4. The van der Waals surface area contributed by atoms with Crippen molar-refractivity contribution in [3.05, 3.63) is 102 Å². The second kappa shape index (κ2) is 11.7. The quantitative estimate of drug-likeness (QED) is 0.226. The van der Waals surface area contributed by atoms with E-state index in [1.54, 1.807) is 6.92 Å². The molecule has 5 rings (SSSR count). The number of hydrogen-bond acceptors (Lipinski definition) is 5. The number of esters is 1. The summed E-state index contributed by atoms with van der Waals surface area (Å²) in [6.45, 7) is 2.04. The third-order valence-corrected chi connectivity index (χ3v) is 6.55. The molecule has 5 nitrogen and oxygen atoms in total. The summed E-state index contributed by atoms with van der Waals surface area (Å²) in [4.78, 5) is 16.7. The Hall–Kier alpha value is -4.12. The Morgan fingerprint density at radius 1 is 0.865 bits per heavy atom. The summed E-state index contributed by atoms with van der Waals surface area (Å²) in [5.41, 5.74) is 6.70. The van der Waals surface area contributed by atoms with Gasteiger partial charge in [-0.2, -0.15) is 0 Å². The molecule has 188 valence electrons. The van der Waals surface area contributed by atoms with Crippen LogP contribution in [-0.2, 0) is 16.0 Å². The van der Waals surface area contributed by atoms with Crippen molar-refractivity contribution in [1.29, 1.82) is 0 Å². The third-order valence-electron chi connectivity index (χ3n) is 6.55. The molecule has 1 aliphatic rings. The molecule has 1 heterocycles. The highest BCUT2D eigenvalue weighted by Gasteiger charge is 2.21. The molecular weight excluding hydrogens is 462 g/mol. The topological polar surface area (TPSA) is 61.6 Å². The number of nitrogens with zero attached hydrogens (tertiary/aromatic N) is 1. The molecule has 0 atom stereocenters. The van der Waals surface area contributed by atoms with E-state index >= 15 is 0 Å². The second-order valence-electron chi connectivity index (χ2n) is 9.10. The van der Waals surface area contributed by atoms with Crippen LogP contribution in [0.15, 0.2) is 94.9 Å². The monoisotopic (exact) mass is 493 g/mol. The van der Waals surface area contributed by atoms with Gasteiger partial charge in [-0.05, 0) is 55.9 Å². The Kier molecular flexibility index (Phi) is 7.80. The van der Waals surface area contributed by atoms with E-state index in [4.69, 9.17) is 18.9 Å². The van der Waals surface area contributed by atoms with Gasteiger partial charge in [0.15, 0.2) is 18.3 Å². The molecule has 0 radical (unpaired) electrons. The van der Waals surface area contributed by atoms with Gasteiger partial charge in [0, 0.05) is 17.5 Å². The third kappa shape index (κ3) is 6.00. The van der Waals surface area contributed by atoms with E-state index in [-0.39, 0.29) is 12.6 Å². The summed E-state index contributed by atoms with van der Waals surface area (Å²) in [5, 5.41) is 0. The minimum absolute atomic E-state index is 0.0932. The molecule has 0 saturated heterocycles. The average Bonchev–Trinajstić information content (AvgIpc) is 3.37. The highest BCUT2D eigenvalue weighted by molar-refractivity contribution is 5.77. The summed E-state index contributed by atoms with van der Waals surface area (Å²) in [5.74, 6) is 1.82. The minimum Gasteiger partial charge on any atom is -0.482 e. The number of carbonyl (C=O) groups is 1. The molecule has 0 N–H and O–H groups in total. The van der Waals surface area contributed by atoms with E-state index < -0.39 is 0 Å². The lowest BCUT2D eigenvalue weighted by molar-refractivity contribution is -0.145. The number of oxazole rings is 1. The van der Waals surface area contributed by atoms with E-state index in [1.807, 2.05) is 54.6 Å². The summed E-state index contributed by atoms with van der Waals surface area (Å²) < 4.78 is 17.1. The van der Waals surface area contributed by atoms with Gasteiger partial charge in [0.2, 0.25) is 0 Å². The fourth-order valence-electron chi connectivity index (χ4n) is 4.83. The molecule has 0 unspecified atom stereocenters. The first-order chi connectivity index (χ1) is 18.2. The van der Waals surface area contributed by atoms with Gasteiger partial charge in [-0.1, -0.05) is 78.4 Å². The van der Waals surface area contributed by atoms with Gasteiger partial charge in [-0.15, -0.1) is 0 Å². The number of aromatic nitrogens is 1. The van der Waals surface area contributed by atoms with Crippen molar-refractivity contribution in [1.82, 2.24) is 4.98 Å². The number of benzene rings is 3. The van der Waals surface area contributed by atoms with Crippen molar-refractivity contribution in [2.45, 2.75) is 39.0 Å². The van der Waals surface area contributed by atoms with Gasteiger partial charge >= 0.3 is 5.97 Å². The number of carbonyl (C=O) groups excluding carboxylic acids is 1. The van der Waals surface area contributed by atoms with Crippen LogP contribution in [0.4, 0.5) is 0 Å². The van der Waals surface area contributed by atoms with E-state index in [0.717, 1.165) is 59.7 Å². The van der Waals surface area contributed by atoms with Gasteiger partial charge < -0.3 is 13.9 Å². The zero-order valence-corrected chi connectivity index (χ0v) is 21.1. The molecule has 0 bridgehead atoms. The van der Waals surface area contributed by atoms with Crippen LogP contribution in [0.1, 0.15) is 44.1 Å². The molecule has 37 heavy (non-hydrogen) atoms. The van der Waals surface area contributed by atoms with E-state index in [2.05, 4.69) is 30.3 Å². The van der Waals surface area contributed by atoms with E-state index in [9.17, 15) is 4.79 Å². The molecule has 0 amide bonds. The summed E-state index contributed by atoms with van der Waals surface area (Å²) in [7, 11) is 0. The maximum atomic E-state index is 11.7. The molecule has 3 aromatic carbocycles. The van der Waals surface area contributed by atoms with Crippen molar-refractivity contribution in [2.75, 3.05) is 13.2 Å². The number of hydrogen-bond donors (Lipinski definition) is 0. The maximum absolute atomic E-state index is 11.7. The smallest absolute Gasteiger partial charge is 0.344 e. The van der Waals surface area contributed by atoms with Crippen LogP contribution in [0.2, 0.25) is 0 Å². The lowest BCUT2D eigenvalue weighted by atomic mass is 9.86. The van der Waals surface area contributed by atoms with Gasteiger partial charge in [-0.3, -0.25) is 0 Å². The van der Waals surface area contributed by atoms with Gasteiger partial charge in [0.1, 0.15) is 11.4 Å². The fraction of sp³-hybridized carbons (Fsp3) is 0.250. The van der Waals surface area contributed by atoms with Crippen molar-refractivity contribution in [3.8, 4) is 28.3 Å². The lowest BCUT2D eigenvalue weighted by Crippen LogP contribution is -2.14. The Bertz CT molecular complexity index is 1320. The first-order valence-electron chi connectivity index (χ1n) is 12.9. The van der Waals surface area contributed by atoms with Crippen molar-refractivity contribution in [3.63, 3.8) is 0 Å². The van der Waals surface area contributed by atoms with Gasteiger partial charge in [0.25, 0.3) is 0 Å². The summed E-state index contributed by atoms with van der Waals surface area (Å²) in [6.07, 6.45) is 4.95. The fourth-order valence-corrected chi connectivity index (χ4v) is 4.83. The van der Waals surface area contributed by atoms with E-state index in [0.29, 0.717) is 18.8 Å². The molecule has 1 aliphatic carbocycles. The predicted molar refractivity (Wildman–Crippen MR) is 145 cm³/mol. The zero-order chi connectivity index (χ0) is 25.5. The van der Waals surface area contributed by atoms with Crippen LogP contribution >= 0.6 is 0 Å². The first-order valence-corrected chi connectivity index (χ1v) is 12.9. The van der Waals surface area contributed by atoms with Gasteiger partial charge in [0.05, 0.1) is 6.61 Å². The Labute approximate surface area is 217 Å². The molecule has 0 spiro atoms. The maximum Gasteiger partial charge on any atom is 0.344 e. The van der Waals surface area contributed by atoms with Crippen LogP contribution in [0, 0.1) is 0 Å². The SMILES string of the molecule is CCOC(=O)COc1cccc(C2=C(Cc3nc(-c4ccccc4)c(-c4ccccc4)o3)CCCC2)c1. The van der Waals surface area contributed by atoms with Gasteiger partial charge in [-0.25, -0.2) is 9.78 Å². The summed E-state index contributed by atoms with van der Waals surface area (Å²) in [6, 6.07) is 28.3. The Balaban J connectivity index is 1.45. The molecule has 0 aliphatic heterocycles. The molecule has 0 saturated carbocycles. The van der Waals surface area contributed by atoms with Crippen LogP contribution in [-0.4, -0.2) is 24.2 Å². The number of rotatable bonds is 9. The second-order valence-corrected chi connectivity index (χ2v) is 9.10. The van der Waals surface area contributed by atoms with Crippen molar-refractivity contribution < 1.29 is 18.7 Å². The van der Waals surface area contributed by atoms with Crippen LogP contribution in [0.25, 0.3) is 28.2 Å². The molecular formula is C32H31NO4. The average molecular weight is 494 g/mol. The van der Waals surface area contributed by atoms with Crippen LogP contribution < -0.4 is 4.74 Å². The van der Waals surface area contributed by atoms with Crippen molar-refractivity contribution >= 4 is 11.5 Å². The first kappa shape index (κ1) is 24.6. The van der Waals surface area contributed by atoms with Crippen LogP contribution in [0.5, 0.6) is 5.75 Å². The minimum atomic E-state index is -0.363. The van der Waals surface area contributed by atoms with Crippen molar-refractivity contribution in [2.24, 2.45) is 0 Å². The standard InChI is InChI=1S/C32H31NO4/c1-2-35-30(34)22-36-27-18-11-17-25(20-27)28-19-10-9-16-26(28)21-29-33-31(23-12-5-3-6-13-23)32(37-29)24-14-7-4-8-15-24/h3-8,11-15,17-18,20H,2,9-10,16,19,21-22H2,1H3. The largest absolute Gasteiger partial charge is 0.482 e. The predicted octanol–water partition coefficient (Wildman–Crippen LogP) is 7.52. The molecule has 5 heteroatoms. The zero-order valence-electron chi connectivity index (χ0n) is 21.1. The highest BCUT2D eigenvalue weighted by Crippen LogP contribution is 2.38. The Morgan fingerprint density at radius 3 is 2.32 bits per heavy atom. The molecule has 4 aromatic rings. The highest BCUT2D eigenvalue weighted by atomic mass is 16.6. The lowest BCUT2D eigenvalue weighted by Gasteiger charge is -2.20. The summed E-state index contributed by atoms with van der Waals surface area (Å²) >= 11 is 0.